The summed E-state index contributed by atoms with van der Waals surface area (Å²) in [6, 6.07) is -0.0520. The summed E-state index contributed by atoms with van der Waals surface area (Å²) < 4.78 is 19.4. The van der Waals surface area contributed by atoms with Crippen LogP contribution in [0.25, 0.3) is 0 Å². The highest BCUT2D eigenvalue weighted by molar-refractivity contribution is 7.80. The van der Waals surface area contributed by atoms with Crippen molar-refractivity contribution in [2.45, 2.75) is 26.3 Å². The molecule has 2 N–H and O–H groups in total. The quantitative estimate of drug-likeness (QED) is 0.385. The van der Waals surface area contributed by atoms with Crippen LogP contribution in [0.2, 0.25) is 0 Å². The van der Waals surface area contributed by atoms with Crippen LogP contribution in [-0.4, -0.2) is 18.4 Å². The van der Waals surface area contributed by atoms with Gasteiger partial charge in [0.1, 0.15) is 11.6 Å². The highest BCUT2D eigenvalue weighted by Crippen LogP contribution is 2.17. The Morgan fingerprint density at radius 2 is 2.22 bits per heavy atom. The SMILES string of the molecule is C\C=C/C(C)=C(\C=C\C(N)CCS)OCC1C=CC=CC(F)=C1. The lowest BCUT2D eigenvalue weighted by molar-refractivity contribution is 0.206. The number of allylic oxidation sites excluding steroid dienone is 8. The van der Waals surface area contributed by atoms with Crippen molar-refractivity contribution in [1.82, 2.24) is 0 Å². The van der Waals surface area contributed by atoms with E-state index >= 15 is 0 Å². The predicted molar refractivity (Wildman–Crippen MR) is 100 cm³/mol. The van der Waals surface area contributed by atoms with Crippen molar-refractivity contribution in [3.8, 4) is 0 Å². The summed E-state index contributed by atoms with van der Waals surface area (Å²) in [5.74, 6) is 1.14. The van der Waals surface area contributed by atoms with Crippen LogP contribution in [0.3, 0.4) is 0 Å². The van der Waals surface area contributed by atoms with E-state index in [1.54, 1.807) is 12.2 Å². The Morgan fingerprint density at radius 3 is 2.91 bits per heavy atom. The molecule has 126 valence electrons. The van der Waals surface area contributed by atoms with E-state index in [2.05, 4.69) is 12.6 Å². The van der Waals surface area contributed by atoms with Gasteiger partial charge >= 0.3 is 0 Å². The first-order chi connectivity index (χ1) is 11.1. The minimum absolute atomic E-state index is 0.0520. The smallest absolute Gasteiger partial charge is 0.121 e. The predicted octanol–water partition coefficient (Wildman–Crippen LogP) is 4.65. The van der Waals surface area contributed by atoms with Crippen molar-refractivity contribution in [1.29, 1.82) is 0 Å². The van der Waals surface area contributed by atoms with Crippen LogP contribution in [-0.2, 0) is 4.74 Å². The molecule has 0 bridgehead atoms. The fourth-order valence-corrected chi connectivity index (χ4v) is 2.34. The lowest BCUT2D eigenvalue weighted by Crippen LogP contribution is -2.17. The maximum absolute atomic E-state index is 13.5. The molecule has 2 unspecified atom stereocenters. The van der Waals surface area contributed by atoms with Gasteiger partial charge in [-0.1, -0.05) is 36.5 Å². The first-order valence-corrected chi connectivity index (χ1v) is 8.43. The summed E-state index contributed by atoms with van der Waals surface area (Å²) in [4.78, 5) is 0. The van der Waals surface area contributed by atoms with E-state index in [9.17, 15) is 4.39 Å². The molecule has 23 heavy (non-hydrogen) atoms. The molecule has 0 aromatic carbocycles. The molecule has 0 spiro atoms. The topological polar surface area (TPSA) is 35.2 Å². The van der Waals surface area contributed by atoms with Crippen LogP contribution in [0, 0.1) is 5.92 Å². The average molecular weight is 335 g/mol. The van der Waals surface area contributed by atoms with Gasteiger partial charge in [-0.05, 0) is 49.8 Å². The molecule has 2 atom stereocenters. The number of hydrogen-bond acceptors (Lipinski definition) is 3. The molecule has 1 aliphatic carbocycles. The largest absolute Gasteiger partial charge is 0.492 e. The van der Waals surface area contributed by atoms with Crippen LogP contribution >= 0.6 is 12.6 Å². The van der Waals surface area contributed by atoms with Crippen LogP contribution in [0.4, 0.5) is 4.39 Å². The maximum Gasteiger partial charge on any atom is 0.121 e. The summed E-state index contributed by atoms with van der Waals surface area (Å²) in [5, 5.41) is 0. The zero-order valence-electron chi connectivity index (χ0n) is 13.8. The fourth-order valence-electron chi connectivity index (χ4n) is 2.04. The molecule has 0 aliphatic heterocycles. The molecular weight excluding hydrogens is 309 g/mol. The molecule has 0 radical (unpaired) electrons. The molecule has 0 saturated carbocycles. The summed E-state index contributed by atoms with van der Waals surface area (Å²) in [6.07, 6.45) is 17.0. The van der Waals surface area contributed by atoms with Gasteiger partial charge in [0.25, 0.3) is 0 Å². The number of nitrogens with two attached hydrogens (primary N) is 1. The van der Waals surface area contributed by atoms with Crippen molar-refractivity contribution in [2.75, 3.05) is 12.4 Å². The lowest BCUT2D eigenvalue weighted by atomic mass is 10.1. The molecule has 0 saturated heterocycles. The third kappa shape index (κ3) is 8.05. The Hall–Kier alpha value is -1.52. The van der Waals surface area contributed by atoms with Gasteiger partial charge in [-0.3, -0.25) is 0 Å². The molecular formula is C19H26FNOS. The standard InChI is InChI=1S/C19H26FNOS/c1-3-6-15(2)19(10-9-18(21)11-12-23)22-14-16-7-4-5-8-17(20)13-16/h3-10,13,16,18,23H,11-12,14,21H2,1-2H3/b6-3-,10-9+,19-15+. The molecule has 0 aromatic heterocycles. The van der Waals surface area contributed by atoms with Crippen molar-refractivity contribution < 1.29 is 9.13 Å². The van der Waals surface area contributed by atoms with Crippen LogP contribution < -0.4 is 5.73 Å². The van der Waals surface area contributed by atoms with Gasteiger partial charge in [0.05, 0.1) is 6.61 Å². The number of thiol groups is 1. The number of ether oxygens (including phenoxy) is 1. The first kappa shape index (κ1) is 19.5. The average Bonchev–Trinajstić information content (AvgIpc) is 2.72. The zero-order valence-corrected chi connectivity index (χ0v) is 14.7. The van der Waals surface area contributed by atoms with Gasteiger partial charge in [-0.15, -0.1) is 0 Å². The van der Waals surface area contributed by atoms with Gasteiger partial charge in [-0.2, -0.15) is 12.6 Å². The Balaban J connectivity index is 2.78. The molecule has 0 aromatic rings. The van der Waals surface area contributed by atoms with Crippen molar-refractivity contribution in [3.63, 3.8) is 0 Å². The lowest BCUT2D eigenvalue weighted by Gasteiger charge is -2.13. The zero-order chi connectivity index (χ0) is 17.1. The normalized spacial score (nSPS) is 20.6. The maximum atomic E-state index is 13.5. The van der Waals surface area contributed by atoms with Gasteiger partial charge < -0.3 is 10.5 Å². The minimum atomic E-state index is -0.245. The van der Waals surface area contributed by atoms with Crippen molar-refractivity contribution in [3.05, 3.63) is 71.8 Å². The third-order valence-corrected chi connectivity index (χ3v) is 3.55. The van der Waals surface area contributed by atoms with Gasteiger partial charge in [0.2, 0.25) is 0 Å². The number of hydrogen-bond donors (Lipinski definition) is 2. The van der Waals surface area contributed by atoms with E-state index in [4.69, 9.17) is 10.5 Å². The van der Waals surface area contributed by atoms with E-state index in [0.717, 1.165) is 23.5 Å². The second-order valence-corrected chi connectivity index (χ2v) is 5.80. The highest BCUT2D eigenvalue weighted by atomic mass is 32.1. The molecule has 1 aliphatic rings. The monoisotopic (exact) mass is 335 g/mol. The van der Waals surface area contributed by atoms with Crippen LogP contribution in [0.15, 0.2) is 71.8 Å². The minimum Gasteiger partial charge on any atom is -0.492 e. The van der Waals surface area contributed by atoms with Crippen molar-refractivity contribution >= 4 is 12.6 Å². The van der Waals surface area contributed by atoms with E-state index in [1.807, 2.05) is 50.3 Å². The molecule has 0 fully saturated rings. The summed E-state index contributed by atoms with van der Waals surface area (Å²) in [6.45, 7) is 4.31. The Kier molecular flexibility index (Phi) is 9.41. The van der Waals surface area contributed by atoms with Crippen LogP contribution in [0.1, 0.15) is 20.3 Å². The fraction of sp³-hybridized carbons (Fsp3) is 0.368. The van der Waals surface area contributed by atoms with E-state index in [-0.39, 0.29) is 17.8 Å². The Bertz CT molecular complexity index is 544. The molecule has 1 rings (SSSR count). The number of halogens is 1. The first-order valence-electron chi connectivity index (χ1n) is 7.80. The molecule has 2 nitrogen and oxygen atoms in total. The Morgan fingerprint density at radius 1 is 1.43 bits per heavy atom. The van der Waals surface area contributed by atoms with Gasteiger partial charge in [0.15, 0.2) is 0 Å². The second kappa shape index (κ2) is 11.1. The van der Waals surface area contributed by atoms with Crippen molar-refractivity contribution in [2.24, 2.45) is 11.7 Å². The second-order valence-electron chi connectivity index (χ2n) is 5.35. The van der Waals surface area contributed by atoms with Gasteiger partial charge in [-0.25, -0.2) is 4.39 Å². The van der Waals surface area contributed by atoms with Crippen LogP contribution in [0.5, 0.6) is 0 Å². The summed E-state index contributed by atoms with van der Waals surface area (Å²) in [5.41, 5.74) is 6.98. The molecule has 4 heteroatoms. The van der Waals surface area contributed by atoms with E-state index in [1.165, 1.54) is 6.08 Å². The van der Waals surface area contributed by atoms with E-state index in [0.29, 0.717) is 6.61 Å². The molecule has 0 amide bonds. The summed E-state index contributed by atoms with van der Waals surface area (Å²) in [7, 11) is 0. The molecule has 0 heterocycles. The van der Waals surface area contributed by atoms with E-state index < -0.39 is 0 Å². The number of rotatable bonds is 8. The Labute approximate surface area is 144 Å². The highest BCUT2D eigenvalue weighted by Gasteiger charge is 2.08. The third-order valence-electron chi connectivity index (χ3n) is 3.29. The van der Waals surface area contributed by atoms with Gasteiger partial charge in [0, 0.05) is 12.0 Å². The summed E-state index contributed by atoms with van der Waals surface area (Å²) >= 11 is 4.18.